The van der Waals surface area contributed by atoms with Crippen molar-refractivity contribution in [3.63, 3.8) is 0 Å². The van der Waals surface area contributed by atoms with Gasteiger partial charge in [-0.1, -0.05) is 0 Å². The van der Waals surface area contributed by atoms with Crippen LogP contribution in [0.25, 0.3) is 0 Å². The van der Waals surface area contributed by atoms with Gasteiger partial charge in [0.15, 0.2) is 0 Å². The third-order valence-electron chi connectivity index (χ3n) is 3.17. The third kappa shape index (κ3) is 6.61. The van der Waals surface area contributed by atoms with Gasteiger partial charge >= 0.3 is 0 Å². The van der Waals surface area contributed by atoms with Crippen LogP contribution in [0.2, 0.25) is 0 Å². The van der Waals surface area contributed by atoms with E-state index in [1.165, 1.54) is 0 Å². The molecule has 0 aliphatic carbocycles. The van der Waals surface area contributed by atoms with Gasteiger partial charge in [0, 0.05) is 51.7 Å². The van der Waals surface area contributed by atoms with Crippen LogP contribution < -0.4 is 11.1 Å². The Hall–Kier alpha value is -0.650. The highest BCUT2D eigenvalue weighted by Gasteiger charge is 2.13. The Bertz CT molecular complexity index is 225. The van der Waals surface area contributed by atoms with Gasteiger partial charge in [0.1, 0.15) is 0 Å². The van der Waals surface area contributed by atoms with E-state index < -0.39 is 0 Å². The molecule has 1 saturated heterocycles. The van der Waals surface area contributed by atoms with Crippen molar-refractivity contribution in [1.29, 1.82) is 0 Å². The van der Waals surface area contributed by atoms with Crippen LogP contribution in [0.1, 0.15) is 19.8 Å². The summed E-state index contributed by atoms with van der Waals surface area (Å²) in [5.41, 5.74) is 5.61. The Morgan fingerprint density at radius 1 is 1.35 bits per heavy atom. The van der Waals surface area contributed by atoms with Crippen LogP contribution in [0.3, 0.4) is 0 Å². The molecule has 0 bridgehead atoms. The Morgan fingerprint density at radius 3 is 2.59 bits per heavy atom. The molecule has 0 spiro atoms. The number of nitrogens with zero attached hydrogens (tertiary/aromatic N) is 2. The van der Waals surface area contributed by atoms with Crippen LogP contribution in [0.15, 0.2) is 0 Å². The number of carbonyl (C=O) groups is 1. The molecular formula is C12H26N4O. The average Bonchev–Trinajstić information content (AvgIpc) is 2.29. The molecule has 17 heavy (non-hydrogen) atoms. The van der Waals surface area contributed by atoms with Crippen molar-refractivity contribution in [3.8, 4) is 0 Å². The molecule has 0 saturated carbocycles. The van der Waals surface area contributed by atoms with Gasteiger partial charge in [-0.25, -0.2) is 0 Å². The second-order valence-electron chi connectivity index (χ2n) is 5.01. The summed E-state index contributed by atoms with van der Waals surface area (Å²) in [6.45, 7) is 8.09. The molecule has 1 rings (SSSR count). The third-order valence-corrected chi connectivity index (χ3v) is 3.17. The van der Waals surface area contributed by atoms with E-state index in [1.54, 1.807) is 0 Å². The van der Waals surface area contributed by atoms with Gasteiger partial charge in [0.25, 0.3) is 0 Å². The fourth-order valence-corrected chi connectivity index (χ4v) is 1.87. The molecular weight excluding hydrogens is 216 g/mol. The van der Waals surface area contributed by atoms with Crippen LogP contribution in [-0.4, -0.2) is 68.1 Å². The molecule has 1 amide bonds. The fraction of sp³-hybridized carbons (Fsp3) is 0.917. The maximum Gasteiger partial charge on any atom is 0.220 e. The van der Waals surface area contributed by atoms with Gasteiger partial charge in [0.05, 0.1) is 0 Å². The normalized spacial score (nSPS) is 20.2. The minimum Gasteiger partial charge on any atom is -0.355 e. The van der Waals surface area contributed by atoms with Gasteiger partial charge in [-0.05, 0) is 20.4 Å². The lowest BCUT2D eigenvalue weighted by Crippen LogP contribution is -2.46. The molecule has 0 aromatic heterocycles. The minimum absolute atomic E-state index is 0.110. The van der Waals surface area contributed by atoms with Gasteiger partial charge in [-0.15, -0.1) is 0 Å². The zero-order valence-electron chi connectivity index (χ0n) is 11.1. The van der Waals surface area contributed by atoms with Crippen molar-refractivity contribution in [1.82, 2.24) is 15.1 Å². The first-order chi connectivity index (χ1) is 8.08. The first-order valence-corrected chi connectivity index (χ1v) is 6.51. The van der Waals surface area contributed by atoms with Crippen LogP contribution in [-0.2, 0) is 4.79 Å². The number of nitrogens with one attached hydrogen (secondary N) is 1. The summed E-state index contributed by atoms with van der Waals surface area (Å²) in [5, 5.41) is 2.95. The first-order valence-electron chi connectivity index (χ1n) is 6.51. The summed E-state index contributed by atoms with van der Waals surface area (Å²) < 4.78 is 0. The van der Waals surface area contributed by atoms with Crippen molar-refractivity contribution in [2.24, 2.45) is 5.73 Å². The number of hydrogen-bond acceptors (Lipinski definition) is 4. The zero-order valence-corrected chi connectivity index (χ0v) is 11.1. The van der Waals surface area contributed by atoms with Crippen molar-refractivity contribution in [2.75, 3.05) is 46.3 Å². The average molecular weight is 242 g/mol. The molecule has 0 aromatic carbocycles. The quantitative estimate of drug-likeness (QED) is 0.658. The summed E-state index contributed by atoms with van der Waals surface area (Å²) in [7, 11) is 2.15. The first kappa shape index (κ1) is 14.4. The van der Waals surface area contributed by atoms with Crippen molar-refractivity contribution in [3.05, 3.63) is 0 Å². The second kappa shape index (κ2) is 7.63. The van der Waals surface area contributed by atoms with E-state index in [-0.39, 0.29) is 11.9 Å². The smallest absolute Gasteiger partial charge is 0.220 e. The van der Waals surface area contributed by atoms with Crippen molar-refractivity contribution >= 4 is 5.91 Å². The predicted molar refractivity (Wildman–Crippen MR) is 69.8 cm³/mol. The molecule has 3 N–H and O–H groups in total. The van der Waals surface area contributed by atoms with E-state index in [4.69, 9.17) is 5.73 Å². The number of hydrogen-bond donors (Lipinski definition) is 2. The molecule has 0 aromatic rings. The molecule has 1 aliphatic heterocycles. The highest BCUT2D eigenvalue weighted by Crippen LogP contribution is 1.98. The Balaban J connectivity index is 2.01. The molecule has 1 heterocycles. The fourth-order valence-electron chi connectivity index (χ4n) is 1.87. The van der Waals surface area contributed by atoms with Gasteiger partial charge in [-0.3, -0.25) is 9.69 Å². The maximum absolute atomic E-state index is 11.4. The number of piperazine rings is 1. The molecule has 1 aliphatic rings. The van der Waals surface area contributed by atoms with E-state index in [2.05, 4.69) is 22.2 Å². The number of likely N-dealkylation sites (N-methyl/N-ethyl adjacent to an activating group) is 1. The van der Waals surface area contributed by atoms with Crippen molar-refractivity contribution < 1.29 is 4.79 Å². The number of amides is 1. The molecule has 1 unspecified atom stereocenters. The summed E-state index contributed by atoms with van der Waals surface area (Å²) in [6.07, 6.45) is 1.31. The molecule has 5 heteroatoms. The largest absolute Gasteiger partial charge is 0.355 e. The van der Waals surface area contributed by atoms with Crippen LogP contribution in [0, 0.1) is 0 Å². The van der Waals surface area contributed by atoms with E-state index in [9.17, 15) is 4.79 Å². The molecule has 1 fully saturated rings. The molecule has 5 nitrogen and oxygen atoms in total. The summed E-state index contributed by atoms with van der Waals surface area (Å²) >= 11 is 0. The number of rotatable bonds is 6. The van der Waals surface area contributed by atoms with E-state index in [0.29, 0.717) is 6.42 Å². The van der Waals surface area contributed by atoms with E-state index in [0.717, 1.165) is 45.7 Å². The van der Waals surface area contributed by atoms with Gasteiger partial charge in [0.2, 0.25) is 5.91 Å². The summed E-state index contributed by atoms with van der Waals surface area (Å²) in [4.78, 5) is 16.2. The van der Waals surface area contributed by atoms with Crippen LogP contribution >= 0.6 is 0 Å². The van der Waals surface area contributed by atoms with Crippen LogP contribution in [0.5, 0.6) is 0 Å². The highest BCUT2D eigenvalue weighted by molar-refractivity contribution is 5.75. The minimum atomic E-state index is 0.110. The lowest BCUT2D eigenvalue weighted by molar-refractivity contribution is -0.121. The zero-order chi connectivity index (χ0) is 12.7. The van der Waals surface area contributed by atoms with E-state index in [1.807, 2.05) is 6.92 Å². The van der Waals surface area contributed by atoms with Crippen molar-refractivity contribution in [2.45, 2.75) is 25.8 Å². The van der Waals surface area contributed by atoms with Crippen LogP contribution in [0.4, 0.5) is 0 Å². The number of carbonyl (C=O) groups excluding carboxylic acids is 1. The van der Waals surface area contributed by atoms with Gasteiger partial charge < -0.3 is 16.0 Å². The standard InChI is InChI=1S/C12H26N4O/c1-11(13)3-4-12(17)14-5-6-16-9-7-15(2)8-10-16/h11H,3-10,13H2,1-2H3,(H,14,17). The predicted octanol–water partition coefficient (Wildman–Crippen LogP) is -0.523. The van der Waals surface area contributed by atoms with E-state index >= 15 is 0 Å². The summed E-state index contributed by atoms with van der Waals surface area (Å²) in [6, 6.07) is 0.110. The Kier molecular flexibility index (Phi) is 6.47. The Labute approximate surface area is 104 Å². The Morgan fingerprint density at radius 2 is 2.00 bits per heavy atom. The second-order valence-corrected chi connectivity index (χ2v) is 5.01. The molecule has 0 radical (unpaired) electrons. The molecule has 100 valence electrons. The lowest BCUT2D eigenvalue weighted by Gasteiger charge is -2.32. The SMILES string of the molecule is CC(N)CCC(=O)NCCN1CCN(C)CC1. The molecule has 1 atom stereocenters. The summed E-state index contributed by atoms with van der Waals surface area (Å²) in [5.74, 6) is 0.122. The van der Waals surface area contributed by atoms with Gasteiger partial charge in [-0.2, -0.15) is 0 Å². The highest BCUT2D eigenvalue weighted by atomic mass is 16.1. The number of nitrogens with two attached hydrogens (primary N) is 1. The lowest BCUT2D eigenvalue weighted by atomic mass is 10.2. The topological polar surface area (TPSA) is 61.6 Å². The maximum atomic E-state index is 11.4. The monoisotopic (exact) mass is 242 g/mol.